The number of anilines is 1. The summed E-state index contributed by atoms with van der Waals surface area (Å²) >= 11 is 1.59. The number of thioether (sulfide) groups is 1. The molecule has 5 nitrogen and oxygen atoms in total. The van der Waals surface area contributed by atoms with E-state index >= 15 is 0 Å². The van der Waals surface area contributed by atoms with Crippen molar-refractivity contribution in [3.63, 3.8) is 0 Å². The lowest BCUT2D eigenvalue weighted by atomic mass is 10.2. The summed E-state index contributed by atoms with van der Waals surface area (Å²) in [5.74, 6) is -0.149. The molecule has 168 valence electrons. The lowest BCUT2D eigenvalue weighted by Crippen LogP contribution is -2.20. The van der Waals surface area contributed by atoms with Gasteiger partial charge in [-0.3, -0.25) is 9.78 Å². The Bertz CT molecular complexity index is 1240. The van der Waals surface area contributed by atoms with Crippen LogP contribution in [0.3, 0.4) is 0 Å². The van der Waals surface area contributed by atoms with Crippen LogP contribution < -0.4 is 5.32 Å². The molecule has 2 aromatic carbocycles. The molecule has 1 N–H and O–H groups in total. The molecule has 0 saturated carbocycles. The molecule has 0 aliphatic heterocycles. The van der Waals surface area contributed by atoms with Gasteiger partial charge in [-0.15, -0.1) is 11.8 Å². The third-order valence-electron chi connectivity index (χ3n) is 4.80. The average Bonchev–Trinajstić information content (AvgIpc) is 3.26. The summed E-state index contributed by atoms with van der Waals surface area (Å²) < 4.78 is 42.3. The molecule has 4 aromatic rings. The molecule has 2 heterocycles. The zero-order valence-corrected chi connectivity index (χ0v) is 18.3. The van der Waals surface area contributed by atoms with E-state index in [0.717, 1.165) is 32.7 Å². The lowest BCUT2D eigenvalue weighted by Gasteiger charge is -2.13. The van der Waals surface area contributed by atoms with E-state index in [2.05, 4.69) is 15.4 Å². The van der Waals surface area contributed by atoms with E-state index in [0.29, 0.717) is 5.69 Å². The maximum atomic E-state index is 13.8. The van der Waals surface area contributed by atoms with Crippen LogP contribution in [0.2, 0.25) is 0 Å². The number of pyridine rings is 1. The quantitative estimate of drug-likeness (QED) is 0.346. The van der Waals surface area contributed by atoms with Gasteiger partial charge in [0.15, 0.2) is 5.69 Å². The molecule has 0 radical (unpaired) electrons. The molecule has 0 aliphatic carbocycles. The van der Waals surface area contributed by atoms with Crippen LogP contribution in [0.4, 0.5) is 18.9 Å². The maximum Gasteiger partial charge on any atom is 0.434 e. The van der Waals surface area contributed by atoms with Gasteiger partial charge in [-0.1, -0.05) is 23.8 Å². The van der Waals surface area contributed by atoms with Crippen LogP contribution in [-0.2, 0) is 11.9 Å². The second-order valence-electron chi connectivity index (χ2n) is 7.28. The first kappa shape index (κ1) is 22.6. The van der Waals surface area contributed by atoms with Crippen molar-refractivity contribution < 1.29 is 18.0 Å². The SMILES string of the molecule is Cc1ccc(-n2ncc(C(=O)Nc3ccc(SCc4cccnc4)cc3)c2C(F)(F)F)cc1. The number of hydrogen-bond donors (Lipinski definition) is 1. The molecule has 0 atom stereocenters. The summed E-state index contributed by atoms with van der Waals surface area (Å²) in [6.45, 7) is 1.83. The van der Waals surface area contributed by atoms with E-state index in [1.54, 1.807) is 60.6 Å². The molecule has 0 aliphatic rings. The minimum Gasteiger partial charge on any atom is -0.322 e. The van der Waals surface area contributed by atoms with Crippen LogP contribution in [0.25, 0.3) is 5.69 Å². The Morgan fingerprint density at radius 1 is 1.03 bits per heavy atom. The summed E-state index contributed by atoms with van der Waals surface area (Å²) in [5, 5.41) is 6.37. The largest absolute Gasteiger partial charge is 0.434 e. The minimum atomic E-state index is -4.76. The number of nitrogens with one attached hydrogen (secondary N) is 1. The number of carbonyl (C=O) groups is 1. The van der Waals surface area contributed by atoms with Gasteiger partial charge >= 0.3 is 6.18 Å². The number of hydrogen-bond acceptors (Lipinski definition) is 4. The Labute approximate surface area is 192 Å². The fourth-order valence-electron chi connectivity index (χ4n) is 3.15. The van der Waals surface area contributed by atoms with Crippen molar-refractivity contribution in [2.75, 3.05) is 5.32 Å². The van der Waals surface area contributed by atoms with E-state index in [1.807, 2.05) is 19.1 Å². The van der Waals surface area contributed by atoms with E-state index in [-0.39, 0.29) is 5.69 Å². The molecule has 4 rings (SSSR count). The summed E-state index contributed by atoms with van der Waals surface area (Å²) in [6.07, 6.45) is -0.325. The summed E-state index contributed by atoms with van der Waals surface area (Å²) in [6, 6.07) is 17.2. The predicted octanol–water partition coefficient (Wildman–Crippen LogP) is 6.14. The first-order valence-corrected chi connectivity index (χ1v) is 11.0. The van der Waals surface area contributed by atoms with Gasteiger partial charge in [0.2, 0.25) is 0 Å². The highest BCUT2D eigenvalue weighted by atomic mass is 32.2. The number of rotatable bonds is 6. The van der Waals surface area contributed by atoms with E-state index in [9.17, 15) is 18.0 Å². The number of aromatic nitrogens is 3. The second kappa shape index (κ2) is 9.50. The molecule has 0 fully saturated rings. The first-order valence-electron chi connectivity index (χ1n) is 9.96. The van der Waals surface area contributed by atoms with Gasteiger partial charge in [0.1, 0.15) is 0 Å². The third-order valence-corrected chi connectivity index (χ3v) is 5.88. The Morgan fingerprint density at radius 2 is 1.76 bits per heavy atom. The number of nitrogens with zero attached hydrogens (tertiary/aromatic N) is 3. The molecule has 33 heavy (non-hydrogen) atoms. The molecule has 0 bridgehead atoms. The van der Waals surface area contributed by atoms with Gasteiger partial charge in [-0.2, -0.15) is 18.3 Å². The number of amides is 1. The Morgan fingerprint density at radius 3 is 2.39 bits per heavy atom. The van der Waals surface area contributed by atoms with E-state index in [4.69, 9.17) is 0 Å². The molecular weight excluding hydrogens is 449 g/mol. The summed E-state index contributed by atoms with van der Waals surface area (Å²) in [4.78, 5) is 17.7. The van der Waals surface area contributed by atoms with Crippen LogP contribution in [0, 0.1) is 6.92 Å². The average molecular weight is 469 g/mol. The lowest BCUT2D eigenvalue weighted by molar-refractivity contribution is -0.143. The highest BCUT2D eigenvalue weighted by Crippen LogP contribution is 2.34. The van der Waals surface area contributed by atoms with Gasteiger partial charge in [0, 0.05) is 28.7 Å². The maximum absolute atomic E-state index is 13.8. The molecule has 1 amide bonds. The number of benzene rings is 2. The Balaban J connectivity index is 1.50. The molecule has 0 spiro atoms. The van der Waals surface area contributed by atoms with Crippen LogP contribution in [0.15, 0.2) is 84.1 Å². The van der Waals surface area contributed by atoms with Crippen LogP contribution >= 0.6 is 11.8 Å². The third kappa shape index (κ3) is 5.43. The topological polar surface area (TPSA) is 59.8 Å². The van der Waals surface area contributed by atoms with E-state index < -0.39 is 23.3 Å². The van der Waals surface area contributed by atoms with Crippen LogP contribution in [-0.4, -0.2) is 20.7 Å². The number of carbonyl (C=O) groups excluding carboxylic acids is 1. The molecule has 2 aromatic heterocycles. The van der Waals surface area contributed by atoms with Gasteiger partial charge in [0.25, 0.3) is 5.91 Å². The first-order chi connectivity index (χ1) is 15.8. The number of alkyl halides is 3. The second-order valence-corrected chi connectivity index (χ2v) is 8.33. The summed E-state index contributed by atoms with van der Waals surface area (Å²) in [5.41, 5.74) is 0.930. The summed E-state index contributed by atoms with van der Waals surface area (Å²) in [7, 11) is 0. The highest BCUT2D eigenvalue weighted by Gasteiger charge is 2.40. The number of halogens is 3. The van der Waals surface area contributed by atoms with Crippen molar-refractivity contribution in [2.24, 2.45) is 0 Å². The van der Waals surface area contributed by atoms with Crippen molar-refractivity contribution in [3.05, 3.63) is 102 Å². The smallest absolute Gasteiger partial charge is 0.322 e. The van der Waals surface area contributed by atoms with Crippen LogP contribution in [0.1, 0.15) is 27.2 Å². The van der Waals surface area contributed by atoms with Crippen molar-refractivity contribution in [1.82, 2.24) is 14.8 Å². The van der Waals surface area contributed by atoms with E-state index in [1.165, 1.54) is 12.1 Å². The molecule has 0 saturated heterocycles. The minimum absolute atomic E-state index is 0.224. The van der Waals surface area contributed by atoms with Crippen molar-refractivity contribution in [1.29, 1.82) is 0 Å². The molecule has 9 heteroatoms. The van der Waals surface area contributed by atoms with Crippen molar-refractivity contribution >= 4 is 23.4 Å². The fraction of sp³-hybridized carbons (Fsp3) is 0.125. The Kier molecular flexibility index (Phi) is 6.50. The van der Waals surface area contributed by atoms with Gasteiger partial charge in [-0.25, -0.2) is 4.68 Å². The van der Waals surface area contributed by atoms with Gasteiger partial charge < -0.3 is 5.32 Å². The Hall–Kier alpha value is -3.59. The zero-order valence-electron chi connectivity index (χ0n) is 17.5. The standard InChI is InChI=1S/C24H19F3N4OS/c1-16-4-8-19(9-5-16)31-22(24(25,26)27)21(14-29-31)23(32)30-18-6-10-20(11-7-18)33-15-17-3-2-12-28-13-17/h2-14H,15H2,1H3,(H,30,32). The van der Waals surface area contributed by atoms with Crippen LogP contribution in [0.5, 0.6) is 0 Å². The monoisotopic (exact) mass is 468 g/mol. The molecular formula is C24H19F3N4OS. The normalized spacial score (nSPS) is 11.4. The van der Waals surface area contributed by atoms with Crippen molar-refractivity contribution in [2.45, 2.75) is 23.7 Å². The van der Waals surface area contributed by atoms with Crippen molar-refractivity contribution in [3.8, 4) is 5.69 Å². The van der Waals surface area contributed by atoms with Gasteiger partial charge in [0.05, 0.1) is 17.4 Å². The van der Waals surface area contributed by atoms with Gasteiger partial charge in [-0.05, 0) is 55.0 Å². The highest BCUT2D eigenvalue weighted by molar-refractivity contribution is 7.98. The predicted molar refractivity (Wildman–Crippen MR) is 121 cm³/mol. The molecule has 0 unspecified atom stereocenters. The fourth-order valence-corrected chi connectivity index (χ4v) is 3.98. The number of aryl methyl sites for hydroxylation is 1. The zero-order chi connectivity index (χ0) is 23.4.